The van der Waals surface area contributed by atoms with Crippen LogP contribution < -0.4 is 31.4 Å². The summed E-state index contributed by atoms with van der Waals surface area (Å²) in [6.45, 7) is 0. The van der Waals surface area contributed by atoms with E-state index in [1.807, 2.05) is 24.3 Å². The van der Waals surface area contributed by atoms with E-state index in [-0.39, 0.29) is 0 Å². The molecule has 4 aromatic rings. The molecule has 0 atom stereocenters. The van der Waals surface area contributed by atoms with Crippen LogP contribution in [0.1, 0.15) is 0 Å². The van der Waals surface area contributed by atoms with Crippen molar-refractivity contribution in [2.45, 2.75) is 0 Å². The average molecular weight is 460 g/mol. The predicted molar refractivity (Wildman–Crippen MR) is 131 cm³/mol. The molecule has 7 heteroatoms. The van der Waals surface area contributed by atoms with Gasteiger partial charge in [-0.2, -0.15) is 0 Å². The standard InChI is InChI=1S/C25H22N2O3P2/c28-25(26-31(29,21-13-5-1-6-14-21)22-15-7-2-8-16-22)27-32(30,23-17-9-3-10-18-23)24-19-11-4-12-20-24/h1-20H,(H2,26,27,28,29,30). The van der Waals surface area contributed by atoms with Crippen LogP contribution in [0.4, 0.5) is 4.79 Å². The molecule has 0 saturated carbocycles. The molecule has 0 fully saturated rings. The van der Waals surface area contributed by atoms with E-state index in [4.69, 9.17) is 0 Å². The molecule has 0 heterocycles. The maximum atomic E-state index is 14.1. The fraction of sp³-hybridized carbons (Fsp3) is 0. The molecule has 0 unspecified atom stereocenters. The zero-order valence-corrected chi connectivity index (χ0v) is 19.0. The third kappa shape index (κ3) is 4.45. The summed E-state index contributed by atoms with van der Waals surface area (Å²) in [6.07, 6.45) is 0. The Kier molecular flexibility index (Phi) is 6.41. The summed E-state index contributed by atoms with van der Waals surface area (Å²) in [5, 5.41) is 7.24. The van der Waals surface area contributed by atoms with E-state index >= 15 is 0 Å². The highest BCUT2D eigenvalue weighted by molar-refractivity contribution is 7.79. The first kappa shape index (κ1) is 21.8. The van der Waals surface area contributed by atoms with Crippen LogP contribution >= 0.6 is 14.6 Å². The summed E-state index contributed by atoms with van der Waals surface area (Å²) in [5.74, 6) is 0. The van der Waals surface area contributed by atoms with Gasteiger partial charge in [-0.25, -0.2) is 4.79 Å². The lowest BCUT2D eigenvalue weighted by atomic mass is 10.4. The average Bonchev–Trinajstić information content (AvgIpc) is 2.86. The van der Waals surface area contributed by atoms with E-state index in [0.717, 1.165) is 0 Å². The molecular formula is C25H22N2O3P2. The van der Waals surface area contributed by atoms with Crippen LogP contribution in [0.3, 0.4) is 0 Å². The largest absolute Gasteiger partial charge is 0.326 e. The van der Waals surface area contributed by atoms with E-state index in [1.165, 1.54) is 0 Å². The fourth-order valence-electron chi connectivity index (χ4n) is 3.42. The van der Waals surface area contributed by atoms with E-state index < -0.39 is 20.6 Å². The lowest BCUT2D eigenvalue weighted by Gasteiger charge is -2.24. The van der Waals surface area contributed by atoms with Gasteiger partial charge >= 0.3 is 6.03 Å². The molecular weight excluding hydrogens is 438 g/mol. The van der Waals surface area contributed by atoms with Crippen molar-refractivity contribution in [2.75, 3.05) is 0 Å². The summed E-state index contributed by atoms with van der Waals surface area (Å²) in [4.78, 5) is 13.2. The second kappa shape index (κ2) is 9.40. The smallest absolute Gasteiger partial charge is 0.290 e. The summed E-state index contributed by atoms with van der Waals surface area (Å²) < 4.78 is 28.2. The number of urea groups is 1. The summed E-state index contributed by atoms with van der Waals surface area (Å²) in [7, 11) is -7.07. The third-order valence-corrected chi connectivity index (χ3v) is 10.1. The van der Waals surface area contributed by atoms with Crippen LogP contribution in [0.25, 0.3) is 0 Å². The normalized spacial score (nSPS) is 11.5. The van der Waals surface area contributed by atoms with Gasteiger partial charge in [0.15, 0.2) is 0 Å². The van der Waals surface area contributed by atoms with Crippen molar-refractivity contribution in [3.05, 3.63) is 121 Å². The second-order valence-electron chi connectivity index (χ2n) is 7.11. The quantitative estimate of drug-likeness (QED) is 0.425. The van der Waals surface area contributed by atoms with Crippen LogP contribution in [-0.2, 0) is 9.13 Å². The highest BCUT2D eigenvalue weighted by Gasteiger charge is 2.34. The Balaban J connectivity index is 1.72. The molecule has 0 aliphatic carbocycles. The first-order valence-corrected chi connectivity index (χ1v) is 13.5. The molecule has 4 aromatic carbocycles. The Labute approximate surface area is 187 Å². The number of hydrogen-bond donors (Lipinski definition) is 2. The molecule has 0 saturated heterocycles. The van der Waals surface area contributed by atoms with E-state index in [0.29, 0.717) is 21.2 Å². The van der Waals surface area contributed by atoms with Crippen LogP contribution in [0, 0.1) is 0 Å². The summed E-state index contributed by atoms with van der Waals surface area (Å²) in [5.41, 5.74) is 0. The minimum atomic E-state index is -3.53. The van der Waals surface area contributed by atoms with E-state index in [1.54, 1.807) is 97.1 Å². The fourth-order valence-corrected chi connectivity index (χ4v) is 7.67. The van der Waals surface area contributed by atoms with Crippen molar-refractivity contribution in [1.29, 1.82) is 0 Å². The number of carbonyl (C=O) groups is 1. The molecule has 5 nitrogen and oxygen atoms in total. The van der Waals surface area contributed by atoms with Crippen molar-refractivity contribution < 1.29 is 13.9 Å². The Morgan fingerprint density at radius 1 is 0.438 bits per heavy atom. The van der Waals surface area contributed by atoms with Gasteiger partial charge in [0, 0.05) is 21.2 Å². The van der Waals surface area contributed by atoms with Crippen molar-refractivity contribution in [2.24, 2.45) is 0 Å². The SMILES string of the molecule is O=C(NP(=O)(c1ccccc1)c1ccccc1)NP(=O)(c1ccccc1)c1ccccc1. The van der Waals surface area contributed by atoms with Crippen molar-refractivity contribution in [1.82, 2.24) is 10.2 Å². The molecule has 0 aromatic heterocycles. The maximum absolute atomic E-state index is 14.1. The predicted octanol–water partition coefficient (Wildman–Crippen LogP) is 4.14. The lowest BCUT2D eigenvalue weighted by Crippen LogP contribution is -2.41. The molecule has 160 valence electrons. The van der Waals surface area contributed by atoms with Crippen molar-refractivity contribution in [3.63, 3.8) is 0 Å². The molecule has 0 aliphatic rings. The molecule has 4 rings (SSSR count). The van der Waals surface area contributed by atoms with Crippen molar-refractivity contribution in [3.8, 4) is 0 Å². The Hall–Kier alpha value is -3.39. The molecule has 0 spiro atoms. The number of amides is 2. The van der Waals surface area contributed by atoms with E-state index in [9.17, 15) is 13.9 Å². The molecule has 2 amide bonds. The highest BCUT2D eigenvalue weighted by Crippen LogP contribution is 2.41. The van der Waals surface area contributed by atoms with Crippen LogP contribution in [0.15, 0.2) is 121 Å². The number of rotatable bonds is 6. The minimum absolute atomic E-state index is 0.482. The minimum Gasteiger partial charge on any atom is -0.290 e. The van der Waals surface area contributed by atoms with E-state index in [2.05, 4.69) is 10.2 Å². The van der Waals surface area contributed by atoms with Gasteiger partial charge in [0.2, 0.25) is 14.6 Å². The Morgan fingerprint density at radius 3 is 0.875 bits per heavy atom. The lowest BCUT2D eigenvalue weighted by molar-refractivity contribution is 0.250. The zero-order valence-electron chi connectivity index (χ0n) is 17.2. The first-order chi connectivity index (χ1) is 15.5. The maximum Gasteiger partial charge on any atom is 0.326 e. The van der Waals surface area contributed by atoms with Gasteiger partial charge in [-0.15, -0.1) is 0 Å². The van der Waals surface area contributed by atoms with Gasteiger partial charge in [-0.05, 0) is 48.5 Å². The number of carbonyl (C=O) groups excluding carboxylic acids is 1. The molecule has 0 aliphatic heterocycles. The highest BCUT2D eigenvalue weighted by atomic mass is 31.2. The monoisotopic (exact) mass is 460 g/mol. The molecule has 0 bridgehead atoms. The number of nitrogens with one attached hydrogen (secondary N) is 2. The van der Waals surface area contributed by atoms with Gasteiger partial charge < -0.3 is 0 Å². The second-order valence-corrected chi connectivity index (χ2v) is 12.1. The number of benzene rings is 4. The van der Waals surface area contributed by atoms with Gasteiger partial charge in [-0.3, -0.25) is 19.3 Å². The topological polar surface area (TPSA) is 75.3 Å². The summed E-state index contributed by atoms with van der Waals surface area (Å²) >= 11 is 0. The zero-order chi connectivity index (χ0) is 22.4. The Morgan fingerprint density at radius 2 is 0.656 bits per heavy atom. The van der Waals surface area contributed by atoms with Gasteiger partial charge in [0.1, 0.15) is 0 Å². The third-order valence-electron chi connectivity index (χ3n) is 5.00. The molecule has 2 N–H and O–H groups in total. The number of hydrogen-bond acceptors (Lipinski definition) is 3. The van der Waals surface area contributed by atoms with Gasteiger partial charge in [-0.1, -0.05) is 72.8 Å². The Bertz CT molecular complexity index is 1090. The molecule has 32 heavy (non-hydrogen) atoms. The van der Waals surface area contributed by atoms with Crippen LogP contribution in [0.5, 0.6) is 0 Å². The van der Waals surface area contributed by atoms with Crippen molar-refractivity contribution >= 4 is 41.8 Å². The molecule has 0 radical (unpaired) electrons. The van der Waals surface area contributed by atoms with Crippen LogP contribution in [-0.4, -0.2) is 6.03 Å². The van der Waals surface area contributed by atoms with Crippen LogP contribution in [0.2, 0.25) is 0 Å². The summed E-state index contributed by atoms with van der Waals surface area (Å²) in [6, 6.07) is 34.3. The van der Waals surface area contributed by atoms with Gasteiger partial charge in [0.05, 0.1) is 0 Å². The van der Waals surface area contributed by atoms with Gasteiger partial charge in [0.25, 0.3) is 0 Å². The first-order valence-electron chi connectivity index (χ1n) is 10.1.